The van der Waals surface area contributed by atoms with E-state index in [1.54, 1.807) is 29.2 Å². The molecule has 1 fully saturated rings. The van der Waals surface area contributed by atoms with Crippen molar-refractivity contribution in [1.82, 2.24) is 10.2 Å². The molecule has 0 aromatic heterocycles. The zero-order valence-electron chi connectivity index (χ0n) is 12.9. The van der Waals surface area contributed by atoms with Gasteiger partial charge in [-0.15, -0.1) is 0 Å². The maximum atomic E-state index is 12.3. The molecule has 1 aliphatic rings. The molecular formula is C16H23ClN2O4. The van der Waals surface area contributed by atoms with Crippen LogP contribution in [-0.2, 0) is 11.2 Å². The lowest BCUT2D eigenvalue weighted by molar-refractivity contribution is -0.148. The molecule has 128 valence electrons. The van der Waals surface area contributed by atoms with Crippen molar-refractivity contribution in [2.24, 2.45) is 0 Å². The Morgan fingerprint density at radius 3 is 2.70 bits per heavy atom. The number of amides is 1. The maximum absolute atomic E-state index is 12.3. The van der Waals surface area contributed by atoms with E-state index in [-0.39, 0.29) is 32.0 Å². The van der Waals surface area contributed by atoms with Gasteiger partial charge in [-0.1, -0.05) is 23.7 Å². The molecule has 1 amide bonds. The number of rotatable bonds is 6. The Kier molecular flexibility index (Phi) is 6.38. The summed E-state index contributed by atoms with van der Waals surface area (Å²) in [5, 5.41) is 32.9. The third-order valence-corrected chi connectivity index (χ3v) is 4.42. The van der Waals surface area contributed by atoms with Crippen LogP contribution in [0, 0.1) is 0 Å². The first kappa shape index (κ1) is 18.2. The number of halogens is 1. The van der Waals surface area contributed by atoms with Gasteiger partial charge in [0.1, 0.15) is 11.7 Å². The highest BCUT2D eigenvalue weighted by Gasteiger charge is 2.41. The summed E-state index contributed by atoms with van der Waals surface area (Å²) in [6, 6.07) is 7.08. The maximum Gasteiger partial charge on any atom is 0.227 e. The van der Waals surface area contributed by atoms with Crippen molar-refractivity contribution in [2.75, 3.05) is 32.8 Å². The number of β-amino-alcohol motifs (C(OH)–C–C–N with tert-alkyl or cyclic N) is 1. The van der Waals surface area contributed by atoms with Crippen LogP contribution in [-0.4, -0.2) is 70.6 Å². The second-order valence-electron chi connectivity index (χ2n) is 5.91. The normalized spacial score (nSPS) is 24.7. The van der Waals surface area contributed by atoms with Crippen molar-refractivity contribution >= 4 is 17.5 Å². The van der Waals surface area contributed by atoms with Crippen molar-refractivity contribution in [3.05, 3.63) is 34.9 Å². The molecule has 4 N–H and O–H groups in total. The van der Waals surface area contributed by atoms with Crippen LogP contribution in [0.1, 0.15) is 12.0 Å². The Hall–Kier alpha value is -1.18. The molecule has 23 heavy (non-hydrogen) atoms. The van der Waals surface area contributed by atoms with Crippen molar-refractivity contribution in [1.29, 1.82) is 0 Å². The molecule has 0 radical (unpaired) electrons. The largest absolute Gasteiger partial charge is 0.395 e. The number of hydrogen-bond acceptors (Lipinski definition) is 5. The molecule has 2 atom stereocenters. The SMILES string of the molecule is O=C(Cc1ccc(Cl)cc1)N1CC[C@](O)(CNCCO)[C@@H](O)C1. The zero-order valence-corrected chi connectivity index (χ0v) is 13.7. The van der Waals surface area contributed by atoms with Crippen molar-refractivity contribution in [3.8, 4) is 0 Å². The standard InChI is InChI=1S/C16H23ClN2O4/c17-13-3-1-12(2-4-13)9-15(22)19-7-5-16(23,14(21)10-19)11-18-6-8-20/h1-4,14,18,20-21,23H,5-11H2/t14-,16-/m0/s1. The van der Waals surface area contributed by atoms with Gasteiger partial charge in [-0.05, 0) is 24.1 Å². The van der Waals surface area contributed by atoms with E-state index in [0.717, 1.165) is 5.56 Å². The van der Waals surface area contributed by atoms with Crippen LogP contribution >= 0.6 is 11.6 Å². The third kappa shape index (κ3) is 4.89. The molecule has 0 aliphatic carbocycles. The minimum atomic E-state index is -1.27. The molecule has 1 aliphatic heterocycles. The molecule has 2 rings (SSSR count). The predicted molar refractivity (Wildman–Crippen MR) is 87.3 cm³/mol. The quantitative estimate of drug-likeness (QED) is 0.537. The third-order valence-electron chi connectivity index (χ3n) is 4.17. The van der Waals surface area contributed by atoms with E-state index >= 15 is 0 Å². The number of carbonyl (C=O) groups excluding carboxylic acids is 1. The molecule has 0 unspecified atom stereocenters. The fourth-order valence-corrected chi connectivity index (χ4v) is 2.80. The van der Waals surface area contributed by atoms with Gasteiger partial charge in [0.05, 0.1) is 13.0 Å². The molecule has 0 spiro atoms. The number of aliphatic hydroxyl groups is 3. The topological polar surface area (TPSA) is 93.0 Å². The summed E-state index contributed by atoms with van der Waals surface area (Å²) >= 11 is 5.82. The first-order valence-electron chi connectivity index (χ1n) is 7.69. The lowest BCUT2D eigenvalue weighted by atomic mass is 9.88. The van der Waals surface area contributed by atoms with Crippen LogP contribution in [0.2, 0.25) is 5.02 Å². The van der Waals surface area contributed by atoms with Crippen molar-refractivity contribution in [3.63, 3.8) is 0 Å². The van der Waals surface area contributed by atoms with Crippen LogP contribution in [0.15, 0.2) is 24.3 Å². The van der Waals surface area contributed by atoms with Crippen LogP contribution in [0.25, 0.3) is 0 Å². The molecule has 1 saturated heterocycles. The zero-order chi connectivity index (χ0) is 16.9. The van der Waals surface area contributed by atoms with Crippen LogP contribution < -0.4 is 5.32 Å². The van der Waals surface area contributed by atoms with E-state index in [4.69, 9.17) is 16.7 Å². The second-order valence-corrected chi connectivity index (χ2v) is 6.35. The summed E-state index contributed by atoms with van der Waals surface area (Å²) in [5.74, 6) is -0.0864. The van der Waals surface area contributed by atoms with E-state index in [1.165, 1.54) is 0 Å². The Morgan fingerprint density at radius 2 is 2.09 bits per heavy atom. The lowest BCUT2D eigenvalue weighted by Crippen LogP contribution is -2.61. The fraction of sp³-hybridized carbons (Fsp3) is 0.562. The number of nitrogens with one attached hydrogen (secondary N) is 1. The van der Waals surface area contributed by atoms with E-state index < -0.39 is 11.7 Å². The fourth-order valence-electron chi connectivity index (χ4n) is 2.67. The van der Waals surface area contributed by atoms with Crippen LogP contribution in [0.5, 0.6) is 0 Å². The van der Waals surface area contributed by atoms with E-state index in [0.29, 0.717) is 24.5 Å². The Labute approximate surface area is 140 Å². The number of hydrogen-bond donors (Lipinski definition) is 4. The minimum Gasteiger partial charge on any atom is -0.395 e. The van der Waals surface area contributed by atoms with Gasteiger partial charge in [-0.25, -0.2) is 0 Å². The number of piperidine rings is 1. The number of carbonyl (C=O) groups is 1. The molecule has 1 aromatic carbocycles. The number of aliphatic hydroxyl groups excluding tert-OH is 2. The van der Waals surface area contributed by atoms with Gasteiger partial charge in [0.15, 0.2) is 0 Å². The lowest BCUT2D eigenvalue weighted by Gasteiger charge is -2.42. The number of benzene rings is 1. The molecule has 7 heteroatoms. The van der Waals surface area contributed by atoms with Gasteiger partial charge < -0.3 is 25.5 Å². The minimum absolute atomic E-state index is 0.0299. The van der Waals surface area contributed by atoms with Crippen LogP contribution in [0.3, 0.4) is 0 Å². The Morgan fingerprint density at radius 1 is 1.39 bits per heavy atom. The van der Waals surface area contributed by atoms with E-state index in [1.807, 2.05) is 0 Å². The van der Waals surface area contributed by atoms with E-state index in [2.05, 4.69) is 5.32 Å². The molecule has 6 nitrogen and oxygen atoms in total. The highest BCUT2D eigenvalue weighted by Crippen LogP contribution is 2.23. The summed E-state index contributed by atoms with van der Waals surface area (Å²) in [5.41, 5.74) is -0.411. The summed E-state index contributed by atoms with van der Waals surface area (Å²) in [6.07, 6.45) is -0.485. The van der Waals surface area contributed by atoms with Gasteiger partial charge in [-0.2, -0.15) is 0 Å². The molecule has 1 aromatic rings. The Balaban J connectivity index is 1.88. The van der Waals surface area contributed by atoms with E-state index in [9.17, 15) is 15.0 Å². The van der Waals surface area contributed by atoms with Gasteiger partial charge in [0, 0.05) is 31.2 Å². The first-order chi connectivity index (χ1) is 10.9. The van der Waals surface area contributed by atoms with Crippen molar-refractivity contribution in [2.45, 2.75) is 24.5 Å². The van der Waals surface area contributed by atoms with Gasteiger partial charge in [-0.3, -0.25) is 4.79 Å². The summed E-state index contributed by atoms with van der Waals surface area (Å²) in [4.78, 5) is 13.9. The van der Waals surface area contributed by atoms with Gasteiger partial charge in [0.2, 0.25) is 5.91 Å². The predicted octanol–water partition coefficient (Wildman–Crippen LogP) is -0.211. The summed E-state index contributed by atoms with van der Waals surface area (Å²) in [7, 11) is 0. The number of nitrogens with zero attached hydrogens (tertiary/aromatic N) is 1. The number of likely N-dealkylation sites (tertiary alicyclic amines) is 1. The highest BCUT2D eigenvalue weighted by molar-refractivity contribution is 6.30. The molecule has 1 heterocycles. The monoisotopic (exact) mass is 342 g/mol. The molecule has 0 bridgehead atoms. The molecule has 0 saturated carbocycles. The summed E-state index contributed by atoms with van der Waals surface area (Å²) in [6.45, 7) is 1.00. The smallest absolute Gasteiger partial charge is 0.227 e. The first-order valence-corrected chi connectivity index (χ1v) is 8.06. The van der Waals surface area contributed by atoms with Gasteiger partial charge in [0.25, 0.3) is 0 Å². The van der Waals surface area contributed by atoms with Gasteiger partial charge >= 0.3 is 0 Å². The Bertz CT molecular complexity index is 525. The highest BCUT2D eigenvalue weighted by atomic mass is 35.5. The van der Waals surface area contributed by atoms with Crippen molar-refractivity contribution < 1.29 is 20.1 Å². The van der Waals surface area contributed by atoms with Crippen LogP contribution in [0.4, 0.5) is 0 Å². The average Bonchev–Trinajstić information content (AvgIpc) is 2.52. The summed E-state index contributed by atoms with van der Waals surface area (Å²) < 4.78 is 0. The second kappa shape index (κ2) is 8.08. The molecular weight excluding hydrogens is 320 g/mol. The average molecular weight is 343 g/mol.